The topological polar surface area (TPSA) is 51.4 Å². The second-order valence-electron chi connectivity index (χ2n) is 5.23. The lowest BCUT2D eigenvalue weighted by Gasteiger charge is -2.39. The Balaban J connectivity index is 1.96. The summed E-state index contributed by atoms with van der Waals surface area (Å²) >= 11 is 0. The van der Waals surface area contributed by atoms with Gasteiger partial charge in [-0.15, -0.1) is 0 Å². The number of hydrogen-bond donors (Lipinski definition) is 1. The molecule has 1 aliphatic heterocycles. The van der Waals surface area contributed by atoms with E-state index < -0.39 is 11.9 Å². The van der Waals surface area contributed by atoms with Crippen molar-refractivity contribution in [2.45, 2.75) is 37.6 Å². The van der Waals surface area contributed by atoms with E-state index in [9.17, 15) is 13.2 Å². The third-order valence-electron chi connectivity index (χ3n) is 3.99. The van der Waals surface area contributed by atoms with Crippen molar-refractivity contribution < 1.29 is 17.9 Å². The highest BCUT2D eigenvalue weighted by molar-refractivity contribution is 5.68. The van der Waals surface area contributed by atoms with E-state index in [4.69, 9.17) is 10.5 Å². The van der Waals surface area contributed by atoms with Crippen LogP contribution in [-0.2, 0) is 10.9 Å². The van der Waals surface area contributed by atoms with Crippen LogP contribution in [0.5, 0.6) is 0 Å². The molecule has 7 heteroatoms. The maximum atomic E-state index is 12.8. The second kappa shape index (κ2) is 4.80. The predicted octanol–water partition coefficient (Wildman–Crippen LogP) is 2.44. The van der Waals surface area contributed by atoms with Crippen LogP contribution in [0.4, 0.5) is 24.5 Å². The highest BCUT2D eigenvalue weighted by Gasteiger charge is 2.38. The largest absolute Gasteiger partial charge is 0.433 e. The third kappa shape index (κ3) is 2.30. The van der Waals surface area contributed by atoms with E-state index in [0.717, 1.165) is 31.5 Å². The Morgan fingerprint density at radius 2 is 2.15 bits per heavy atom. The van der Waals surface area contributed by atoms with Gasteiger partial charge in [0.15, 0.2) is 0 Å². The standard InChI is InChI=1S/C13H16F3N3O/c14-13(15,16)12-6-10(8(17)7-18-12)19-4-5-20-11-3-1-2-9(11)19/h6-7,9,11H,1-5,17H2. The molecule has 2 N–H and O–H groups in total. The molecule has 0 amide bonds. The van der Waals surface area contributed by atoms with Gasteiger partial charge in [-0.2, -0.15) is 13.2 Å². The Labute approximate surface area is 114 Å². The quantitative estimate of drug-likeness (QED) is 0.862. The molecular formula is C13H16F3N3O. The lowest BCUT2D eigenvalue weighted by atomic mass is 10.1. The number of nitrogens with two attached hydrogens (primary N) is 1. The number of rotatable bonds is 1. The number of halogens is 3. The molecule has 1 aromatic rings. The van der Waals surface area contributed by atoms with Crippen molar-refractivity contribution >= 4 is 11.4 Å². The van der Waals surface area contributed by atoms with E-state index in [2.05, 4.69) is 4.98 Å². The highest BCUT2D eigenvalue weighted by atomic mass is 19.4. The van der Waals surface area contributed by atoms with E-state index in [-0.39, 0.29) is 17.8 Å². The number of anilines is 2. The first-order valence-electron chi connectivity index (χ1n) is 6.68. The highest BCUT2D eigenvalue weighted by Crippen LogP contribution is 2.38. The fourth-order valence-electron chi connectivity index (χ4n) is 3.08. The third-order valence-corrected chi connectivity index (χ3v) is 3.99. The number of alkyl halides is 3. The van der Waals surface area contributed by atoms with Crippen LogP contribution in [-0.4, -0.2) is 30.3 Å². The van der Waals surface area contributed by atoms with Crippen molar-refractivity contribution in [3.05, 3.63) is 18.0 Å². The van der Waals surface area contributed by atoms with Crippen molar-refractivity contribution in [3.63, 3.8) is 0 Å². The minimum atomic E-state index is -4.45. The molecule has 0 bridgehead atoms. The lowest BCUT2D eigenvalue weighted by Crippen LogP contribution is -2.49. The van der Waals surface area contributed by atoms with Crippen molar-refractivity contribution in [2.75, 3.05) is 23.8 Å². The average molecular weight is 287 g/mol. The van der Waals surface area contributed by atoms with Crippen LogP contribution in [0.25, 0.3) is 0 Å². The summed E-state index contributed by atoms with van der Waals surface area (Å²) in [4.78, 5) is 5.33. The number of aromatic nitrogens is 1. The van der Waals surface area contributed by atoms with Crippen LogP contribution in [0.3, 0.4) is 0 Å². The Morgan fingerprint density at radius 3 is 2.90 bits per heavy atom. The second-order valence-corrected chi connectivity index (χ2v) is 5.23. The monoisotopic (exact) mass is 287 g/mol. The molecule has 0 aromatic carbocycles. The molecule has 2 fully saturated rings. The summed E-state index contributed by atoms with van der Waals surface area (Å²) in [5, 5.41) is 0. The summed E-state index contributed by atoms with van der Waals surface area (Å²) in [5.74, 6) is 0. The van der Waals surface area contributed by atoms with E-state index >= 15 is 0 Å². The van der Waals surface area contributed by atoms with Gasteiger partial charge in [-0.05, 0) is 25.3 Å². The van der Waals surface area contributed by atoms with Crippen LogP contribution < -0.4 is 10.6 Å². The number of nitrogens with zero attached hydrogens (tertiary/aromatic N) is 2. The van der Waals surface area contributed by atoms with Gasteiger partial charge in [0.2, 0.25) is 0 Å². The fourth-order valence-corrected chi connectivity index (χ4v) is 3.08. The first-order valence-corrected chi connectivity index (χ1v) is 6.68. The zero-order chi connectivity index (χ0) is 14.3. The van der Waals surface area contributed by atoms with Crippen molar-refractivity contribution in [3.8, 4) is 0 Å². The summed E-state index contributed by atoms with van der Waals surface area (Å²) in [7, 11) is 0. The first-order chi connectivity index (χ1) is 9.47. The van der Waals surface area contributed by atoms with Gasteiger partial charge in [0.1, 0.15) is 5.69 Å². The SMILES string of the molecule is Nc1cnc(C(F)(F)F)cc1N1CCOC2CCCC21. The Kier molecular flexibility index (Phi) is 3.24. The van der Waals surface area contributed by atoms with Crippen LogP contribution >= 0.6 is 0 Å². The van der Waals surface area contributed by atoms with Gasteiger partial charge in [-0.25, -0.2) is 4.98 Å². The van der Waals surface area contributed by atoms with Gasteiger partial charge in [-0.3, -0.25) is 0 Å². The molecule has 1 aliphatic carbocycles. The van der Waals surface area contributed by atoms with E-state index in [1.807, 2.05) is 4.90 Å². The lowest BCUT2D eigenvalue weighted by molar-refractivity contribution is -0.141. The minimum Gasteiger partial charge on any atom is -0.396 e. The molecule has 3 rings (SSSR count). The zero-order valence-electron chi connectivity index (χ0n) is 10.9. The minimum absolute atomic E-state index is 0.102. The van der Waals surface area contributed by atoms with E-state index in [1.54, 1.807) is 0 Å². The molecule has 110 valence electrons. The van der Waals surface area contributed by atoms with Crippen LogP contribution in [0.2, 0.25) is 0 Å². The molecule has 0 radical (unpaired) electrons. The van der Waals surface area contributed by atoms with Crippen LogP contribution in [0, 0.1) is 0 Å². The molecule has 1 saturated heterocycles. The van der Waals surface area contributed by atoms with E-state index in [0.29, 0.717) is 18.8 Å². The molecule has 0 spiro atoms. The number of pyridine rings is 1. The Morgan fingerprint density at radius 1 is 1.35 bits per heavy atom. The number of hydrogen-bond acceptors (Lipinski definition) is 4. The summed E-state index contributed by atoms with van der Waals surface area (Å²) < 4.78 is 44.0. The number of ether oxygens (including phenoxy) is 1. The van der Waals surface area contributed by atoms with Gasteiger partial charge < -0.3 is 15.4 Å². The van der Waals surface area contributed by atoms with Gasteiger partial charge >= 0.3 is 6.18 Å². The average Bonchev–Trinajstić information content (AvgIpc) is 2.86. The van der Waals surface area contributed by atoms with Crippen LogP contribution in [0.1, 0.15) is 25.0 Å². The summed E-state index contributed by atoms with van der Waals surface area (Å²) in [6.07, 6.45) is -0.346. The van der Waals surface area contributed by atoms with Gasteiger partial charge in [0.25, 0.3) is 0 Å². The number of nitrogen functional groups attached to an aromatic ring is 1. The number of morpholine rings is 1. The Hall–Kier alpha value is -1.50. The summed E-state index contributed by atoms with van der Waals surface area (Å²) in [6.45, 7) is 1.08. The number of fused-ring (bicyclic) bond motifs is 1. The molecule has 1 aromatic heterocycles. The van der Waals surface area contributed by atoms with Crippen molar-refractivity contribution in [2.24, 2.45) is 0 Å². The summed E-state index contributed by atoms with van der Waals surface area (Å²) in [5.41, 5.74) is 5.64. The van der Waals surface area contributed by atoms with Crippen molar-refractivity contribution in [1.29, 1.82) is 0 Å². The molecule has 2 heterocycles. The van der Waals surface area contributed by atoms with Crippen LogP contribution in [0.15, 0.2) is 12.3 Å². The zero-order valence-corrected chi connectivity index (χ0v) is 10.9. The normalized spacial score (nSPS) is 26.6. The molecule has 2 unspecified atom stereocenters. The molecular weight excluding hydrogens is 271 g/mol. The Bertz CT molecular complexity index is 506. The predicted molar refractivity (Wildman–Crippen MR) is 68.4 cm³/mol. The fraction of sp³-hybridized carbons (Fsp3) is 0.615. The van der Waals surface area contributed by atoms with E-state index in [1.165, 1.54) is 0 Å². The van der Waals surface area contributed by atoms with Gasteiger partial charge in [-0.1, -0.05) is 0 Å². The maximum Gasteiger partial charge on any atom is 0.433 e. The first kappa shape index (κ1) is 13.5. The van der Waals surface area contributed by atoms with Crippen molar-refractivity contribution in [1.82, 2.24) is 4.98 Å². The van der Waals surface area contributed by atoms with Gasteiger partial charge in [0.05, 0.1) is 36.3 Å². The molecule has 20 heavy (non-hydrogen) atoms. The molecule has 4 nitrogen and oxygen atoms in total. The molecule has 2 atom stereocenters. The summed E-state index contributed by atoms with van der Waals surface area (Å²) in [6, 6.07) is 1.17. The molecule has 1 saturated carbocycles. The smallest absolute Gasteiger partial charge is 0.396 e. The molecule has 2 aliphatic rings. The maximum absolute atomic E-state index is 12.8. The van der Waals surface area contributed by atoms with Gasteiger partial charge in [0, 0.05) is 6.54 Å².